The summed E-state index contributed by atoms with van der Waals surface area (Å²) in [6.45, 7) is 2.40. The number of nitrogens with one attached hydrogen (secondary N) is 1. The molecule has 5 nitrogen and oxygen atoms in total. The van der Waals surface area contributed by atoms with Crippen LogP contribution in [0.2, 0.25) is 0 Å². The minimum Gasteiger partial charge on any atom is -0.367 e. The molecular formula is C26H24N4O. The van der Waals surface area contributed by atoms with Crippen LogP contribution in [-0.4, -0.2) is 22.0 Å². The average Bonchev–Trinajstić information content (AvgIpc) is 3.49. The van der Waals surface area contributed by atoms with Gasteiger partial charge in [-0.05, 0) is 53.4 Å². The third kappa shape index (κ3) is 4.21. The molecule has 0 spiro atoms. The largest absolute Gasteiger partial charge is 0.367 e. The van der Waals surface area contributed by atoms with Gasteiger partial charge in [0.2, 0.25) is 0 Å². The van der Waals surface area contributed by atoms with Crippen LogP contribution in [0.25, 0.3) is 5.69 Å². The van der Waals surface area contributed by atoms with E-state index in [0.29, 0.717) is 12.1 Å². The van der Waals surface area contributed by atoms with Crippen molar-refractivity contribution >= 4 is 11.6 Å². The second kappa shape index (κ2) is 8.48. The number of carbonyl (C=O) groups excluding carboxylic acids is 1. The van der Waals surface area contributed by atoms with Crippen molar-refractivity contribution in [3.8, 4) is 5.69 Å². The first-order valence-electron chi connectivity index (χ1n) is 10.5. The van der Waals surface area contributed by atoms with Gasteiger partial charge >= 0.3 is 0 Å². The van der Waals surface area contributed by atoms with Crippen LogP contribution in [0.15, 0.2) is 91.5 Å². The zero-order valence-corrected chi connectivity index (χ0v) is 17.2. The van der Waals surface area contributed by atoms with E-state index >= 15 is 0 Å². The molecule has 0 radical (unpaired) electrons. The van der Waals surface area contributed by atoms with Crippen LogP contribution in [0.3, 0.4) is 0 Å². The fraction of sp³-hybridized carbons (Fsp3) is 0.154. The molecule has 154 valence electrons. The van der Waals surface area contributed by atoms with Crippen LogP contribution in [0, 0.1) is 0 Å². The Morgan fingerprint density at radius 3 is 2.48 bits per heavy atom. The highest BCUT2D eigenvalue weighted by atomic mass is 16.1. The van der Waals surface area contributed by atoms with Crippen molar-refractivity contribution < 1.29 is 4.79 Å². The van der Waals surface area contributed by atoms with Crippen molar-refractivity contribution in [2.45, 2.75) is 19.5 Å². The first-order valence-corrected chi connectivity index (χ1v) is 10.5. The number of imidazole rings is 1. The third-order valence-corrected chi connectivity index (χ3v) is 5.76. The predicted octanol–water partition coefficient (Wildman–Crippen LogP) is 4.37. The first-order chi connectivity index (χ1) is 15.3. The lowest BCUT2D eigenvalue weighted by Crippen LogP contribution is -2.23. The Balaban J connectivity index is 1.17. The number of rotatable bonds is 6. The molecule has 3 aromatic carbocycles. The molecule has 1 amide bonds. The van der Waals surface area contributed by atoms with Gasteiger partial charge in [0.15, 0.2) is 0 Å². The standard InChI is InChI=1S/C26H24N4O/c31-26(28-17-20-7-11-24(12-8-20)30-16-14-27-19-30)23-9-5-21(6-10-23)18-29-15-13-22-3-1-2-4-25(22)29/h1-12,14,16,19H,13,15,17-18H2,(H,28,31). The van der Waals surface area contributed by atoms with E-state index in [1.54, 1.807) is 12.5 Å². The number of para-hydroxylation sites is 1. The molecule has 4 aromatic rings. The van der Waals surface area contributed by atoms with Gasteiger partial charge in [0, 0.05) is 49.0 Å². The van der Waals surface area contributed by atoms with Crippen molar-refractivity contribution in [1.29, 1.82) is 0 Å². The Morgan fingerprint density at radius 2 is 1.71 bits per heavy atom. The maximum Gasteiger partial charge on any atom is 0.251 e. The van der Waals surface area contributed by atoms with Gasteiger partial charge in [0.1, 0.15) is 0 Å². The highest BCUT2D eigenvalue weighted by Crippen LogP contribution is 2.28. The number of hydrogen-bond acceptors (Lipinski definition) is 3. The van der Waals surface area contributed by atoms with Crippen molar-refractivity contribution in [2.75, 3.05) is 11.4 Å². The molecule has 0 atom stereocenters. The van der Waals surface area contributed by atoms with Crippen molar-refractivity contribution in [3.63, 3.8) is 0 Å². The molecule has 0 bridgehead atoms. The van der Waals surface area contributed by atoms with Crippen LogP contribution >= 0.6 is 0 Å². The Hall–Kier alpha value is -3.86. The third-order valence-electron chi connectivity index (χ3n) is 5.76. The van der Waals surface area contributed by atoms with Gasteiger partial charge < -0.3 is 14.8 Å². The van der Waals surface area contributed by atoms with Crippen LogP contribution in [0.1, 0.15) is 27.0 Å². The molecule has 0 saturated heterocycles. The summed E-state index contributed by atoms with van der Waals surface area (Å²) in [4.78, 5) is 19.0. The molecule has 1 aliphatic rings. The van der Waals surface area contributed by atoms with E-state index in [0.717, 1.165) is 30.8 Å². The molecule has 1 N–H and O–H groups in total. The van der Waals surface area contributed by atoms with E-state index in [1.807, 2.05) is 47.2 Å². The highest BCUT2D eigenvalue weighted by Gasteiger charge is 2.18. The van der Waals surface area contributed by atoms with Crippen LogP contribution < -0.4 is 10.2 Å². The van der Waals surface area contributed by atoms with Gasteiger partial charge in [-0.3, -0.25) is 4.79 Å². The zero-order chi connectivity index (χ0) is 21.0. The lowest BCUT2D eigenvalue weighted by atomic mass is 10.1. The van der Waals surface area contributed by atoms with Crippen molar-refractivity contribution in [2.24, 2.45) is 0 Å². The summed E-state index contributed by atoms with van der Waals surface area (Å²) < 4.78 is 1.95. The number of aromatic nitrogens is 2. The molecule has 0 unspecified atom stereocenters. The molecule has 0 saturated carbocycles. The van der Waals surface area contributed by atoms with Gasteiger partial charge in [0.25, 0.3) is 5.91 Å². The van der Waals surface area contributed by atoms with Crippen LogP contribution in [0.4, 0.5) is 5.69 Å². The summed E-state index contributed by atoms with van der Waals surface area (Å²) in [6, 6.07) is 24.6. The maximum absolute atomic E-state index is 12.6. The fourth-order valence-corrected chi connectivity index (χ4v) is 4.03. The van der Waals surface area contributed by atoms with Gasteiger partial charge in [-0.1, -0.05) is 42.5 Å². The van der Waals surface area contributed by atoms with Crippen molar-refractivity contribution in [1.82, 2.24) is 14.9 Å². The topological polar surface area (TPSA) is 50.2 Å². The summed E-state index contributed by atoms with van der Waals surface area (Å²) in [5.41, 5.74) is 6.73. The van der Waals surface area contributed by atoms with E-state index in [-0.39, 0.29) is 5.91 Å². The number of nitrogens with zero attached hydrogens (tertiary/aromatic N) is 3. The molecule has 5 heteroatoms. The highest BCUT2D eigenvalue weighted by molar-refractivity contribution is 5.94. The van der Waals surface area contributed by atoms with E-state index in [9.17, 15) is 4.79 Å². The normalized spacial score (nSPS) is 12.6. The lowest BCUT2D eigenvalue weighted by Gasteiger charge is -2.19. The fourth-order valence-electron chi connectivity index (χ4n) is 4.03. The lowest BCUT2D eigenvalue weighted by molar-refractivity contribution is 0.0951. The summed E-state index contributed by atoms with van der Waals surface area (Å²) in [6.07, 6.45) is 6.52. The summed E-state index contributed by atoms with van der Waals surface area (Å²) >= 11 is 0. The molecule has 1 aliphatic heterocycles. The van der Waals surface area contributed by atoms with Gasteiger partial charge in [0.05, 0.1) is 6.33 Å². The summed E-state index contributed by atoms with van der Waals surface area (Å²) in [7, 11) is 0. The monoisotopic (exact) mass is 408 g/mol. The Kier molecular flexibility index (Phi) is 5.23. The van der Waals surface area contributed by atoms with Crippen molar-refractivity contribution in [3.05, 3.63) is 114 Å². The van der Waals surface area contributed by atoms with Crippen LogP contribution in [0.5, 0.6) is 0 Å². The molecular weight excluding hydrogens is 384 g/mol. The number of fused-ring (bicyclic) bond motifs is 1. The summed E-state index contributed by atoms with van der Waals surface area (Å²) in [5, 5.41) is 3.01. The molecule has 5 rings (SSSR count). The molecule has 31 heavy (non-hydrogen) atoms. The quantitative estimate of drug-likeness (QED) is 0.516. The average molecular weight is 409 g/mol. The predicted molar refractivity (Wildman–Crippen MR) is 122 cm³/mol. The SMILES string of the molecule is O=C(NCc1ccc(-n2ccnc2)cc1)c1ccc(CN2CCc3ccccc32)cc1. The van der Waals surface area contributed by atoms with E-state index < -0.39 is 0 Å². The number of benzene rings is 3. The molecule has 0 aliphatic carbocycles. The Bertz CT molecular complexity index is 1170. The number of anilines is 1. The number of amides is 1. The van der Waals surface area contributed by atoms with E-state index in [1.165, 1.54) is 16.8 Å². The minimum atomic E-state index is -0.0586. The first kappa shape index (κ1) is 19.1. The smallest absolute Gasteiger partial charge is 0.251 e. The minimum absolute atomic E-state index is 0.0586. The van der Waals surface area contributed by atoms with E-state index in [2.05, 4.69) is 51.6 Å². The van der Waals surface area contributed by atoms with E-state index in [4.69, 9.17) is 0 Å². The van der Waals surface area contributed by atoms with Crippen LogP contribution in [-0.2, 0) is 19.5 Å². The second-order valence-electron chi connectivity index (χ2n) is 7.82. The van der Waals surface area contributed by atoms with Gasteiger partial charge in [-0.15, -0.1) is 0 Å². The van der Waals surface area contributed by atoms with Gasteiger partial charge in [-0.2, -0.15) is 0 Å². The Labute approximate surface area is 182 Å². The number of hydrogen-bond donors (Lipinski definition) is 1. The molecule has 0 fully saturated rings. The Morgan fingerprint density at radius 1 is 0.935 bits per heavy atom. The molecule has 1 aromatic heterocycles. The van der Waals surface area contributed by atoms with Gasteiger partial charge in [-0.25, -0.2) is 4.98 Å². The zero-order valence-electron chi connectivity index (χ0n) is 17.2. The second-order valence-corrected chi connectivity index (χ2v) is 7.82. The molecule has 2 heterocycles. The number of carbonyl (C=O) groups is 1. The maximum atomic E-state index is 12.6. The summed E-state index contributed by atoms with van der Waals surface area (Å²) in [5.74, 6) is -0.0586.